The van der Waals surface area contributed by atoms with Gasteiger partial charge in [-0.2, -0.15) is 4.45 Å². The first-order valence-electron chi connectivity index (χ1n) is 3.48. The third-order valence-electron chi connectivity index (χ3n) is 1.04. The normalized spacial score (nSPS) is 10.2. The summed E-state index contributed by atoms with van der Waals surface area (Å²) < 4.78 is 12.6. The van der Waals surface area contributed by atoms with Gasteiger partial charge in [0.2, 0.25) is 0 Å². The van der Waals surface area contributed by atoms with E-state index in [1.54, 1.807) is 0 Å². The molecule has 0 amide bonds. The van der Waals surface area contributed by atoms with Crippen LogP contribution in [0.25, 0.3) is 0 Å². The fourth-order valence-electron chi connectivity index (χ4n) is 0.588. The summed E-state index contributed by atoms with van der Waals surface area (Å²) in [7, 11) is -4.64. The second-order valence-corrected chi connectivity index (χ2v) is 4.58. The van der Waals surface area contributed by atoms with Crippen LogP contribution in [0, 0.1) is 0 Å². The van der Waals surface area contributed by atoms with Crippen molar-refractivity contribution in [2.24, 2.45) is 0 Å². The number of nitrogens with one attached hydrogen (secondary N) is 2. The van der Waals surface area contributed by atoms with Crippen LogP contribution in [0.3, 0.4) is 0 Å². The van der Waals surface area contributed by atoms with Gasteiger partial charge in [0.05, 0.1) is 0 Å². The molecule has 1 rings (SSSR count). The van der Waals surface area contributed by atoms with Crippen molar-refractivity contribution in [3.63, 3.8) is 0 Å². The number of benzene rings is 1. The lowest BCUT2D eigenvalue weighted by Gasteiger charge is -2.00. The number of halogens is 2. The minimum Gasteiger partial charge on any atom is -0.312 e. The molecule has 0 atom stereocenters. The van der Waals surface area contributed by atoms with Gasteiger partial charge >= 0.3 is 7.82 Å². The summed E-state index contributed by atoms with van der Waals surface area (Å²) in [5.74, 6) is 0. The van der Waals surface area contributed by atoms with Crippen molar-refractivity contribution in [1.29, 1.82) is 0 Å². The van der Waals surface area contributed by atoms with Gasteiger partial charge in [-0.15, -0.1) is 0 Å². The van der Waals surface area contributed by atoms with Crippen LogP contribution in [0.2, 0.25) is 0 Å². The monoisotopic (exact) mass is 362 g/mol. The second kappa shape index (κ2) is 7.34. The fourth-order valence-corrected chi connectivity index (χ4v) is 1.08. The molecule has 5 N–H and O–H groups in total. The maximum atomic E-state index is 8.88. The molecule has 0 radical (unpaired) electrons. The van der Waals surface area contributed by atoms with Crippen molar-refractivity contribution < 1.29 is 19.2 Å². The smallest absolute Gasteiger partial charge is 0.312 e. The van der Waals surface area contributed by atoms with Crippen LogP contribution in [-0.4, -0.2) is 14.7 Å². The van der Waals surface area contributed by atoms with E-state index in [1.807, 2.05) is 24.3 Å². The highest BCUT2D eigenvalue weighted by Gasteiger charge is 2.00. The predicted octanol–water partition coefficient (Wildman–Crippen LogP) is 1.75. The Labute approximate surface area is 103 Å². The first kappa shape index (κ1) is 15.0. The van der Waals surface area contributed by atoms with Crippen LogP contribution in [0.4, 0.5) is 5.69 Å². The average molecular weight is 364 g/mol. The molecule has 86 valence electrons. The molecule has 9 heteroatoms. The molecule has 0 bridgehead atoms. The van der Waals surface area contributed by atoms with Gasteiger partial charge in [0.1, 0.15) is 0 Å². The molecule has 0 heterocycles. The molecule has 0 fully saturated rings. The van der Waals surface area contributed by atoms with Gasteiger partial charge in [0.15, 0.2) is 0 Å². The number of phosphoric acid groups is 1. The third-order valence-corrected chi connectivity index (χ3v) is 1.76. The van der Waals surface area contributed by atoms with E-state index in [4.69, 9.17) is 19.2 Å². The Morgan fingerprint density at radius 3 is 1.87 bits per heavy atom. The average Bonchev–Trinajstić information content (AvgIpc) is 2.06. The fraction of sp³-hybridized carbons (Fsp3) is 0. The molecule has 15 heavy (non-hydrogen) atoms. The molecule has 0 aliphatic heterocycles. The molecule has 1 aromatic carbocycles. The molecule has 6 nitrogen and oxygen atoms in total. The largest absolute Gasteiger partial charge is 0.466 e. The van der Waals surface area contributed by atoms with Gasteiger partial charge in [0.25, 0.3) is 0 Å². The number of hydrogen-bond donors (Lipinski definition) is 5. The molecular weight excluding hydrogens is 355 g/mol. The van der Waals surface area contributed by atoms with Crippen LogP contribution < -0.4 is 9.88 Å². The number of hydrogen-bond acceptors (Lipinski definition) is 3. The Kier molecular flexibility index (Phi) is 7.37. The Morgan fingerprint density at radius 1 is 1.13 bits per heavy atom. The van der Waals surface area contributed by atoms with Crippen LogP contribution in [0.5, 0.6) is 0 Å². The van der Waals surface area contributed by atoms with E-state index in [1.165, 1.54) is 0 Å². The first-order valence-corrected chi connectivity index (χ1v) is 6.63. The van der Waals surface area contributed by atoms with Crippen LogP contribution in [0.1, 0.15) is 0 Å². The van der Waals surface area contributed by atoms with Crippen molar-refractivity contribution in [2.75, 3.05) is 5.43 Å². The molecular formula is C6H9Br2N2O4P. The van der Waals surface area contributed by atoms with Gasteiger partial charge in [-0.3, -0.25) is 0 Å². The highest BCUT2D eigenvalue weighted by Crippen LogP contribution is 2.25. The highest BCUT2D eigenvalue weighted by atomic mass is 79.9. The van der Waals surface area contributed by atoms with E-state index in [2.05, 4.69) is 42.0 Å². The van der Waals surface area contributed by atoms with Gasteiger partial charge in [0, 0.05) is 26.3 Å². The van der Waals surface area contributed by atoms with Crippen molar-refractivity contribution in [1.82, 2.24) is 4.45 Å². The van der Waals surface area contributed by atoms with Gasteiger partial charge in [-0.05, 0) is 24.3 Å². The van der Waals surface area contributed by atoms with Crippen LogP contribution >= 0.6 is 39.9 Å². The van der Waals surface area contributed by atoms with Crippen LogP contribution in [-0.2, 0) is 4.57 Å². The maximum Gasteiger partial charge on any atom is 0.466 e. The summed E-state index contributed by atoms with van der Waals surface area (Å²) in [6.45, 7) is 0. The minimum absolute atomic E-state index is 1.01. The Hall–Kier alpha value is 0.0500. The predicted molar refractivity (Wildman–Crippen MR) is 64.1 cm³/mol. The highest BCUT2D eigenvalue weighted by molar-refractivity contribution is 9.10. The van der Waals surface area contributed by atoms with Crippen LogP contribution in [0.15, 0.2) is 28.7 Å². The summed E-state index contributed by atoms with van der Waals surface area (Å²) in [4.78, 5) is 21.6. The van der Waals surface area contributed by atoms with E-state index >= 15 is 0 Å². The van der Waals surface area contributed by atoms with E-state index in [0.717, 1.165) is 10.2 Å². The van der Waals surface area contributed by atoms with E-state index in [0.29, 0.717) is 0 Å². The van der Waals surface area contributed by atoms with Gasteiger partial charge < -0.3 is 20.1 Å². The number of hydrazine groups is 1. The quantitative estimate of drug-likeness (QED) is 0.312. The second-order valence-electron chi connectivity index (χ2n) is 2.24. The van der Waals surface area contributed by atoms with Crippen molar-refractivity contribution >= 4 is 45.6 Å². The first-order chi connectivity index (χ1) is 6.83. The summed E-state index contributed by atoms with van der Waals surface area (Å²) >= 11 is 6.37. The molecule has 0 aliphatic rings. The number of anilines is 1. The van der Waals surface area contributed by atoms with E-state index < -0.39 is 7.82 Å². The molecule has 0 aromatic heterocycles. The van der Waals surface area contributed by atoms with Crippen molar-refractivity contribution in [3.05, 3.63) is 28.7 Å². The molecule has 0 unspecified atom stereocenters. The van der Waals surface area contributed by atoms with E-state index in [-0.39, 0.29) is 0 Å². The molecule has 0 spiro atoms. The summed E-state index contributed by atoms with van der Waals surface area (Å²) in [5, 5.41) is 0. The number of rotatable bonds is 2. The van der Waals surface area contributed by atoms with Crippen molar-refractivity contribution in [2.45, 2.75) is 0 Å². The molecule has 0 aliphatic carbocycles. The lowest BCUT2D eigenvalue weighted by Crippen LogP contribution is -2.07. The van der Waals surface area contributed by atoms with Gasteiger partial charge in [-0.25, -0.2) is 4.57 Å². The Morgan fingerprint density at radius 2 is 1.53 bits per heavy atom. The Bertz CT molecular complexity index is 320. The lowest BCUT2D eigenvalue weighted by atomic mass is 10.3. The summed E-state index contributed by atoms with van der Waals surface area (Å²) in [6.07, 6.45) is 0. The topological polar surface area (TPSA) is 102 Å². The third kappa shape index (κ3) is 12.0. The standard InChI is InChI=1S/C6H6Br2N2.H3O4P/c7-5-1-3-6(4-2-5)9-10-8;1-5(2,3)4/h1-4,9-10H;(H3,1,2,3,4). The molecule has 0 saturated carbocycles. The molecule has 1 aromatic rings. The van der Waals surface area contributed by atoms with Crippen molar-refractivity contribution in [3.8, 4) is 0 Å². The zero-order chi connectivity index (χ0) is 11.9. The minimum atomic E-state index is -4.64. The zero-order valence-electron chi connectivity index (χ0n) is 7.26. The zero-order valence-corrected chi connectivity index (χ0v) is 11.3. The van der Waals surface area contributed by atoms with E-state index in [9.17, 15) is 0 Å². The maximum absolute atomic E-state index is 8.88. The summed E-state index contributed by atoms with van der Waals surface area (Å²) in [5.41, 5.74) is 3.89. The molecule has 0 saturated heterocycles. The Balaban J connectivity index is 0.000000336. The summed E-state index contributed by atoms with van der Waals surface area (Å²) in [6, 6.07) is 7.84. The lowest BCUT2D eigenvalue weighted by molar-refractivity contribution is 0.275. The van der Waals surface area contributed by atoms with Gasteiger partial charge in [-0.1, -0.05) is 15.9 Å². The SMILES string of the molecule is BrNNc1ccc(Br)cc1.O=P(O)(O)O.